The van der Waals surface area contributed by atoms with Gasteiger partial charge in [-0.1, -0.05) is 12.1 Å². The van der Waals surface area contributed by atoms with E-state index in [4.69, 9.17) is 14.6 Å². The number of hydrogen-bond donors (Lipinski definition) is 1. The van der Waals surface area contributed by atoms with E-state index in [1.807, 2.05) is 12.1 Å². The van der Waals surface area contributed by atoms with Crippen molar-refractivity contribution in [2.24, 2.45) is 0 Å². The molecule has 1 N–H and O–H groups in total. The van der Waals surface area contributed by atoms with Crippen LogP contribution in [-0.2, 0) is 0 Å². The molecule has 0 saturated heterocycles. The number of ether oxygens (including phenoxy) is 2. The third kappa shape index (κ3) is 3.13. The van der Waals surface area contributed by atoms with Crippen LogP contribution in [0.5, 0.6) is 11.5 Å². The second-order valence-corrected chi connectivity index (χ2v) is 5.85. The number of hydrogen-bond acceptors (Lipinski definition) is 6. The number of fused-ring (bicyclic) bond motifs is 1. The molecule has 1 aromatic carbocycles. The molecule has 4 rings (SSSR count). The summed E-state index contributed by atoms with van der Waals surface area (Å²) in [5.41, 5.74) is 2.34. The Morgan fingerprint density at radius 1 is 1.12 bits per heavy atom. The Hall–Kier alpha value is -3.09. The molecule has 0 radical (unpaired) electrons. The van der Waals surface area contributed by atoms with Crippen molar-refractivity contribution in [2.45, 2.75) is 6.42 Å². The Morgan fingerprint density at radius 2 is 1.96 bits per heavy atom. The lowest BCUT2D eigenvalue weighted by atomic mass is 9.99. The number of anilines is 1. The highest BCUT2D eigenvalue weighted by molar-refractivity contribution is 5.85. The second-order valence-electron chi connectivity index (χ2n) is 5.85. The zero-order valence-electron chi connectivity index (χ0n) is 13.5. The van der Waals surface area contributed by atoms with E-state index in [1.165, 1.54) is 18.0 Å². The van der Waals surface area contributed by atoms with Crippen molar-refractivity contribution in [1.82, 2.24) is 9.97 Å². The van der Waals surface area contributed by atoms with Crippen molar-refractivity contribution in [3.05, 3.63) is 47.9 Å². The molecule has 2 aliphatic rings. The summed E-state index contributed by atoms with van der Waals surface area (Å²) in [6.07, 6.45) is 5.81. The van der Waals surface area contributed by atoms with Crippen molar-refractivity contribution in [2.75, 3.05) is 31.2 Å². The number of aromatic carboxylic acids is 1. The summed E-state index contributed by atoms with van der Waals surface area (Å²) in [5, 5.41) is 8.89. The maximum Gasteiger partial charge on any atom is 0.356 e. The summed E-state index contributed by atoms with van der Waals surface area (Å²) >= 11 is 0. The molecule has 25 heavy (non-hydrogen) atoms. The van der Waals surface area contributed by atoms with Crippen LogP contribution in [0.25, 0.3) is 5.57 Å². The van der Waals surface area contributed by atoms with Crippen LogP contribution in [-0.4, -0.2) is 47.3 Å². The van der Waals surface area contributed by atoms with Crippen LogP contribution in [0.15, 0.2) is 36.7 Å². The minimum Gasteiger partial charge on any atom is -0.486 e. The Morgan fingerprint density at radius 3 is 2.64 bits per heavy atom. The van der Waals surface area contributed by atoms with Crippen LogP contribution in [0, 0.1) is 0 Å². The predicted molar refractivity (Wildman–Crippen MR) is 91.2 cm³/mol. The Kier molecular flexibility index (Phi) is 3.97. The minimum absolute atomic E-state index is 0.0479. The number of carboxylic acid groups (broad SMARTS) is 1. The van der Waals surface area contributed by atoms with Gasteiger partial charge in [0.05, 0.1) is 12.4 Å². The van der Waals surface area contributed by atoms with Crippen molar-refractivity contribution < 1.29 is 19.4 Å². The highest BCUT2D eigenvalue weighted by Crippen LogP contribution is 2.34. The summed E-state index contributed by atoms with van der Waals surface area (Å²) in [6.45, 7) is 2.66. The highest BCUT2D eigenvalue weighted by Gasteiger charge is 2.18. The van der Waals surface area contributed by atoms with Gasteiger partial charge in [0.15, 0.2) is 17.2 Å². The largest absolute Gasteiger partial charge is 0.486 e. The van der Waals surface area contributed by atoms with E-state index in [0.29, 0.717) is 25.6 Å². The van der Waals surface area contributed by atoms with E-state index < -0.39 is 5.97 Å². The maximum atomic E-state index is 10.8. The fourth-order valence-corrected chi connectivity index (χ4v) is 2.98. The zero-order valence-corrected chi connectivity index (χ0v) is 13.5. The summed E-state index contributed by atoms with van der Waals surface area (Å²) in [5.74, 6) is 1.20. The van der Waals surface area contributed by atoms with Gasteiger partial charge in [0.1, 0.15) is 19.0 Å². The van der Waals surface area contributed by atoms with Gasteiger partial charge in [0.25, 0.3) is 0 Å². The number of carboxylic acids is 1. The first-order valence-electron chi connectivity index (χ1n) is 8.10. The molecular weight excluding hydrogens is 322 g/mol. The number of benzene rings is 1. The predicted octanol–water partition coefficient (Wildman–Crippen LogP) is 2.24. The average Bonchev–Trinajstić information content (AvgIpc) is 2.68. The number of carbonyl (C=O) groups is 1. The summed E-state index contributed by atoms with van der Waals surface area (Å²) < 4.78 is 11.2. The van der Waals surface area contributed by atoms with Crippen molar-refractivity contribution >= 4 is 17.4 Å². The van der Waals surface area contributed by atoms with Crippen LogP contribution in [0.2, 0.25) is 0 Å². The zero-order chi connectivity index (χ0) is 17.2. The highest BCUT2D eigenvalue weighted by atomic mass is 16.6. The van der Waals surface area contributed by atoms with E-state index in [0.717, 1.165) is 30.0 Å². The number of nitrogens with zero attached hydrogens (tertiary/aromatic N) is 3. The Labute approximate surface area is 144 Å². The first kappa shape index (κ1) is 15.4. The summed E-state index contributed by atoms with van der Waals surface area (Å²) in [4.78, 5) is 21.0. The van der Waals surface area contributed by atoms with Gasteiger partial charge in [-0.05, 0) is 29.7 Å². The van der Waals surface area contributed by atoms with Gasteiger partial charge in [-0.3, -0.25) is 0 Å². The Balaban J connectivity index is 1.49. The minimum atomic E-state index is -1.07. The lowest BCUT2D eigenvalue weighted by Gasteiger charge is -2.27. The van der Waals surface area contributed by atoms with Crippen LogP contribution in [0.1, 0.15) is 22.5 Å². The van der Waals surface area contributed by atoms with Gasteiger partial charge in [-0.15, -0.1) is 0 Å². The fourth-order valence-electron chi connectivity index (χ4n) is 2.98. The fraction of sp³-hybridized carbons (Fsp3) is 0.278. The lowest BCUT2D eigenvalue weighted by molar-refractivity contribution is 0.0690. The normalized spacial score (nSPS) is 16.3. The van der Waals surface area contributed by atoms with Crippen LogP contribution in [0.4, 0.5) is 5.82 Å². The van der Waals surface area contributed by atoms with Gasteiger partial charge < -0.3 is 19.5 Å². The molecule has 0 spiro atoms. The van der Waals surface area contributed by atoms with Crippen LogP contribution < -0.4 is 14.4 Å². The van der Waals surface area contributed by atoms with E-state index in [1.54, 1.807) is 0 Å². The molecule has 0 atom stereocenters. The maximum absolute atomic E-state index is 10.8. The molecular formula is C18H17N3O4. The number of aromatic nitrogens is 2. The van der Waals surface area contributed by atoms with Gasteiger partial charge in [0, 0.05) is 13.1 Å². The first-order valence-corrected chi connectivity index (χ1v) is 8.10. The molecule has 0 unspecified atom stereocenters. The molecule has 0 aliphatic carbocycles. The van der Waals surface area contributed by atoms with Gasteiger partial charge >= 0.3 is 5.97 Å². The molecule has 7 heteroatoms. The standard InChI is InChI=1S/C18H17N3O4/c22-18(23)14-10-20-17(11-19-14)21-5-3-12(4-6-21)13-1-2-15-16(9-13)25-8-7-24-15/h1-3,9-11H,4-8H2,(H,22,23). The van der Waals surface area contributed by atoms with E-state index >= 15 is 0 Å². The SMILES string of the molecule is O=C(O)c1cnc(N2CC=C(c3ccc4c(c3)OCCO4)CC2)cn1. The average molecular weight is 339 g/mol. The van der Waals surface area contributed by atoms with Gasteiger partial charge in [-0.2, -0.15) is 0 Å². The van der Waals surface area contributed by atoms with Crippen molar-refractivity contribution in [3.8, 4) is 11.5 Å². The molecule has 0 fully saturated rings. The van der Waals surface area contributed by atoms with Gasteiger partial charge in [0.2, 0.25) is 0 Å². The van der Waals surface area contributed by atoms with Crippen LogP contribution in [0.3, 0.4) is 0 Å². The molecule has 2 aromatic rings. The molecule has 1 aromatic heterocycles. The molecule has 2 aliphatic heterocycles. The molecule has 0 saturated carbocycles. The molecule has 3 heterocycles. The quantitative estimate of drug-likeness (QED) is 0.918. The van der Waals surface area contributed by atoms with Crippen LogP contribution >= 0.6 is 0 Å². The molecule has 0 amide bonds. The number of rotatable bonds is 3. The molecule has 7 nitrogen and oxygen atoms in total. The van der Waals surface area contributed by atoms with E-state index in [-0.39, 0.29) is 5.69 Å². The van der Waals surface area contributed by atoms with E-state index in [9.17, 15) is 4.79 Å². The van der Waals surface area contributed by atoms with Gasteiger partial charge in [-0.25, -0.2) is 14.8 Å². The molecule has 128 valence electrons. The third-order valence-corrected chi connectivity index (χ3v) is 4.30. The summed E-state index contributed by atoms with van der Waals surface area (Å²) in [7, 11) is 0. The van der Waals surface area contributed by atoms with Crippen molar-refractivity contribution in [1.29, 1.82) is 0 Å². The second kappa shape index (κ2) is 6.43. The molecule has 0 bridgehead atoms. The Bertz CT molecular complexity index is 833. The monoisotopic (exact) mass is 339 g/mol. The van der Waals surface area contributed by atoms with Crippen molar-refractivity contribution in [3.63, 3.8) is 0 Å². The lowest BCUT2D eigenvalue weighted by Crippen LogP contribution is -2.29. The third-order valence-electron chi connectivity index (χ3n) is 4.30. The van der Waals surface area contributed by atoms with E-state index in [2.05, 4.69) is 27.0 Å². The smallest absolute Gasteiger partial charge is 0.356 e. The topological polar surface area (TPSA) is 84.8 Å². The summed E-state index contributed by atoms with van der Waals surface area (Å²) in [6, 6.07) is 6.03. The first-order chi connectivity index (χ1) is 12.2.